The summed E-state index contributed by atoms with van der Waals surface area (Å²) in [7, 11) is 0. The maximum atomic E-state index is 12.9. The zero-order chi connectivity index (χ0) is 9.42. The molecule has 0 saturated heterocycles. The molecule has 1 aromatic carbocycles. The third-order valence-electron chi connectivity index (χ3n) is 2.51. The average Bonchev–Trinajstić information content (AvgIpc) is 2.91. The normalized spacial score (nSPS) is 18.6. The van der Waals surface area contributed by atoms with Gasteiger partial charge in [0.05, 0.1) is 0 Å². The lowest BCUT2D eigenvalue weighted by atomic mass is 10.0. The Morgan fingerprint density at radius 3 is 2.77 bits per heavy atom. The van der Waals surface area contributed by atoms with Crippen LogP contribution in [0, 0.1) is 11.7 Å². The Morgan fingerprint density at radius 1 is 1.46 bits per heavy atom. The highest BCUT2D eigenvalue weighted by Gasteiger charge is 2.31. The van der Waals surface area contributed by atoms with Crippen molar-refractivity contribution >= 4 is 0 Å². The van der Waals surface area contributed by atoms with Crippen molar-refractivity contribution in [3.8, 4) is 5.75 Å². The zero-order valence-electron chi connectivity index (χ0n) is 7.20. The molecule has 1 aromatic rings. The van der Waals surface area contributed by atoms with Gasteiger partial charge in [-0.15, -0.1) is 0 Å². The molecule has 3 heteroatoms. The second-order valence-corrected chi connectivity index (χ2v) is 3.54. The van der Waals surface area contributed by atoms with Gasteiger partial charge in [0.15, 0.2) is 11.6 Å². The van der Waals surface area contributed by atoms with Gasteiger partial charge in [0.25, 0.3) is 0 Å². The monoisotopic (exact) mass is 181 g/mol. The summed E-state index contributed by atoms with van der Waals surface area (Å²) < 4.78 is 12.9. The number of phenols is 1. The van der Waals surface area contributed by atoms with Gasteiger partial charge in [-0.3, -0.25) is 0 Å². The van der Waals surface area contributed by atoms with Crippen LogP contribution in [0.3, 0.4) is 0 Å². The van der Waals surface area contributed by atoms with Crippen LogP contribution in [0.4, 0.5) is 4.39 Å². The minimum absolute atomic E-state index is 0.212. The fourth-order valence-corrected chi connectivity index (χ4v) is 1.51. The molecule has 0 heterocycles. The second kappa shape index (κ2) is 3.00. The smallest absolute Gasteiger partial charge is 0.165 e. The SMILES string of the molecule is N[C@@H](c1cccc(F)c1O)C1CC1. The van der Waals surface area contributed by atoms with Crippen LogP contribution >= 0.6 is 0 Å². The van der Waals surface area contributed by atoms with E-state index in [2.05, 4.69) is 0 Å². The summed E-state index contributed by atoms with van der Waals surface area (Å²) in [4.78, 5) is 0. The lowest BCUT2D eigenvalue weighted by Crippen LogP contribution is -2.12. The van der Waals surface area contributed by atoms with Crippen LogP contribution < -0.4 is 5.73 Å². The summed E-state index contributed by atoms with van der Waals surface area (Å²) in [6.45, 7) is 0. The van der Waals surface area contributed by atoms with Crippen molar-refractivity contribution in [3.63, 3.8) is 0 Å². The molecule has 70 valence electrons. The van der Waals surface area contributed by atoms with E-state index in [0.29, 0.717) is 11.5 Å². The Hall–Kier alpha value is -1.09. The first-order valence-corrected chi connectivity index (χ1v) is 4.43. The summed E-state index contributed by atoms with van der Waals surface area (Å²) in [5.74, 6) is -0.455. The molecule has 1 aliphatic carbocycles. The van der Waals surface area contributed by atoms with Gasteiger partial charge in [-0.05, 0) is 24.8 Å². The summed E-state index contributed by atoms with van der Waals surface area (Å²) in [6.07, 6.45) is 2.16. The Bertz CT molecular complexity index is 323. The molecule has 1 fully saturated rings. The lowest BCUT2D eigenvalue weighted by molar-refractivity contribution is 0.417. The minimum atomic E-state index is -0.589. The average molecular weight is 181 g/mol. The van der Waals surface area contributed by atoms with Crippen molar-refractivity contribution in [1.82, 2.24) is 0 Å². The van der Waals surface area contributed by atoms with E-state index in [0.717, 1.165) is 12.8 Å². The Balaban J connectivity index is 2.32. The number of halogens is 1. The van der Waals surface area contributed by atoms with E-state index in [9.17, 15) is 9.50 Å². The quantitative estimate of drug-likeness (QED) is 0.732. The third kappa shape index (κ3) is 1.52. The number of benzene rings is 1. The van der Waals surface area contributed by atoms with Crippen LogP contribution in [0.5, 0.6) is 5.75 Å². The van der Waals surface area contributed by atoms with Crippen LogP contribution in [0.1, 0.15) is 24.4 Å². The van der Waals surface area contributed by atoms with Crippen molar-refractivity contribution in [2.75, 3.05) is 0 Å². The molecule has 0 unspecified atom stereocenters. The van der Waals surface area contributed by atoms with Gasteiger partial charge < -0.3 is 10.8 Å². The fraction of sp³-hybridized carbons (Fsp3) is 0.400. The van der Waals surface area contributed by atoms with E-state index in [1.165, 1.54) is 6.07 Å². The van der Waals surface area contributed by atoms with Gasteiger partial charge in [-0.2, -0.15) is 0 Å². The molecule has 1 saturated carbocycles. The lowest BCUT2D eigenvalue weighted by Gasteiger charge is -2.12. The predicted octanol–water partition coefficient (Wildman–Crippen LogP) is 1.94. The molecule has 2 rings (SSSR count). The molecule has 1 aliphatic rings. The third-order valence-corrected chi connectivity index (χ3v) is 2.51. The Kier molecular flexibility index (Phi) is 1.96. The highest BCUT2D eigenvalue weighted by Crippen LogP contribution is 2.42. The standard InChI is InChI=1S/C10H12FNO/c11-8-3-1-2-7(10(8)13)9(12)6-4-5-6/h1-3,6,9,13H,4-5,12H2/t9-/m1/s1. The number of phenolic OH excluding ortho intramolecular Hbond substituents is 1. The molecule has 0 aromatic heterocycles. The number of hydrogen-bond donors (Lipinski definition) is 2. The molecule has 0 amide bonds. The van der Waals surface area contributed by atoms with Crippen molar-refractivity contribution in [1.29, 1.82) is 0 Å². The molecule has 0 bridgehead atoms. The number of rotatable bonds is 2. The largest absolute Gasteiger partial charge is 0.505 e. The van der Waals surface area contributed by atoms with Crippen LogP contribution in [0.15, 0.2) is 18.2 Å². The van der Waals surface area contributed by atoms with E-state index in [1.807, 2.05) is 0 Å². The van der Waals surface area contributed by atoms with Crippen LogP contribution in [-0.2, 0) is 0 Å². The van der Waals surface area contributed by atoms with E-state index in [1.54, 1.807) is 12.1 Å². The minimum Gasteiger partial charge on any atom is -0.505 e. The van der Waals surface area contributed by atoms with Gasteiger partial charge >= 0.3 is 0 Å². The molecule has 3 N–H and O–H groups in total. The first-order valence-electron chi connectivity index (χ1n) is 4.43. The summed E-state index contributed by atoms with van der Waals surface area (Å²) in [6, 6.07) is 4.28. The first-order chi connectivity index (χ1) is 6.20. The molecule has 13 heavy (non-hydrogen) atoms. The molecule has 0 spiro atoms. The van der Waals surface area contributed by atoms with Gasteiger partial charge in [-0.25, -0.2) is 4.39 Å². The molecular formula is C10H12FNO. The molecule has 0 aliphatic heterocycles. The highest BCUT2D eigenvalue weighted by molar-refractivity contribution is 5.36. The Labute approximate surface area is 76.2 Å². The molecule has 1 atom stereocenters. The van der Waals surface area contributed by atoms with Gasteiger partial charge in [0.2, 0.25) is 0 Å². The van der Waals surface area contributed by atoms with Crippen LogP contribution in [-0.4, -0.2) is 5.11 Å². The fourth-order valence-electron chi connectivity index (χ4n) is 1.51. The number of hydrogen-bond acceptors (Lipinski definition) is 2. The van der Waals surface area contributed by atoms with Crippen molar-refractivity contribution < 1.29 is 9.50 Å². The van der Waals surface area contributed by atoms with E-state index in [-0.39, 0.29) is 11.8 Å². The van der Waals surface area contributed by atoms with E-state index in [4.69, 9.17) is 5.73 Å². The summed E-state index contributed by atoms with van der Waals surface area (Å²) in [5, 5.41) is 9.39. The number of aromatic hydroxyl groups is 1. The summed E-state index contributed by atoms with van der Waals surface area (Å²) in [5.41, 5.74) is 6.37. The van der Waals surface area contributed by atoms with E-state index < -0.39 is 5.82 Å². The maximum absolute atomic E-state index is 12.9. The Morgan fingerprint density at radius 2 is 2.15 bits per heavy atom. The van der Waals surface area contributed by atoms with Gasteiger partial charge in [-0.1, -0.05) is 12.1 Å². The van der Waals surface area contributed by atoms with E-state index >= 15 is 0 Å². The maximum Gasteiger partial charge on any atom is 0.165 e. The summed E-state index contributed by atoms with van der Waals surface area (Å²) >= 11 is 0. The van der Waals surface area contributed by atoms with Crippen molar-refractivity contribution in [3.05, 3.63) is 29.6 Å². The van der Waals surface area contributed by atoms with Gasteiger partial charge in [0.1, 0.15) is 0 Å². The van der Waals surface area contributed by atoms with Crippen molar-refractivity contribution in [2.24, 2.45) is 11.7 Å². The second-order valence-electron chi connectivity index (χ2n) is 3.54. The molecular weight excluding hydrogens is 169 g/mol. The van der Waals surface area contributed by atoms with Crippen LogP contribution in [0.2, 0.25) is 0 Å². The zero-order valence-corrected chi connectivity index (χ0v) is 7.20. The number of para-hydroxylation sites is 1. The first kappa shape index (κ1) is 8.51. The van der Waals surface area contributed by atoms with Crippen LogP contribution in [0.25, 0.3) is 0 Å². The predicted molar refractivity (Wildman–Crippen MR) is 47.7 cm³/mol. The van der Waals surface area contributed by atoms with Gasteiger partial charge in [0, 0.05) is 11.6 Å². The molecule has 2 nitrogen and oxygen atoms in total. The highest BCUT2D eigenvalue weighted by atomic mass is 19.1. The van der Waals surface area contributed by atoms with Crippen molar-refractivity contribution in [2.45, 2.75) is 18.9 Å². The number of nitrogens with two attached hydrogens (primary N) is 1. The topological polar surface area (TPSA) is 46.2 Å². The molecule has 0 radical (unpaired) electrons.